The number of rotatable bonds is 5. The molecule has 0 fully saturated rings. The largest absolute Gasteiger partial charge is 0.503 e. The van der Waals surface area contributed by atoms with E-state index >= 15 is 0 Å². The fourth-order valence-electron chi connectivity index (χ4n) is 3.80. The molecule has 4 nitrogen and oxygen atoms in total. The molecule has 1 heterocycles. The van der Waals surface area contributed by atoms with Crippen molar-refractivity contribution in [2.75, 3.05) is 7.11 Å². The topological polar surface area (TPSA) is 49.8 Å². The predicted molar refractivity (Wildman–Crippen MR) is 113 cm³/mol. The van der Waals surface area contributed by atoms with Crippen LogP contribution in [0, 0.1) is 12.7 Å². The molecule has 5 heteroatoms. The number of aliphatic hydroxyl groups is 1. The SMILES string of the molecule is COc1ccc(CN2C(=O)C(O)=C(c3ccc(C)cc3)C2c2cccc(F)c2)cc1. The van der Waals surface area contributed by atoms with Gasteiger partial charge in [0.2, 0.25) is 0 Å². The third-order valence-corrected chi connectivity index (χ3v) is 5.34. The summed E-state index contributed by atoms with van der Waals surface area (Å²) in [5.41, 5.74) is 3.78. The molecule has 0 aliphatic carbocycles. The summed E-state index contributed by atoms with van der Waals surface area (Å²) in [5.74, 6) is -0.453. The number of carbonyl (C=O) groups excluding carboxylic acids is 1. The van der Waals surface area contributed by atoms with Gasteiger partial charge in [-0.25, -0.2) is 4.39 Å². The molecule has 3 aromatic carbocycles. The number of aliphatic hydroxyl groups excluding tert-OH is 1. The Labute approximate surface area is 174 Å². The van der Waals surface area contributed by atoms with Crippen LogP contribution in [0.2, 0.25) is 0 Å². The number of benzene rings is 3. The van der Waals surface area contributed by atoms with Crippen LogP contribution in [0.25, 0.3) is 5.57 Å². The van der Waals surface area contributed by atoms with E-state index in [1.54, 1.807) is 24.1 Å². The van der Waals surface area contributed by atoms with Crippen LogP contribution in [-0.4, -0.2) is 23.0 Å². The highest BCUT2D eigenvalue weighted by atomic mass is 19.1. The van der Waals surface area contributed by atoms with E-state index in [-0.39, 0.29) is 18.1 Å². The van der Waals surface area contributed by atoms with E-state index in [0.717, 1.165) is 22.4 Å². The van der Waals surface area contributed by atoms with Crippen molar-refractivity contribution in [3.8, 4) is 5.75 Å². The van der Waals surface area contributed by atoms with Crippen LogP contribution in [0.4, 0.5) is 4.39 Å². The molecule has 3 aromatic rings. The van der Waals surface area contributed by atoms with Crippen molar-refractivity contribution in [2.24, 2.45) is 0 Å². The summed E-state index contributed by atoms with van der Waals surface area (Å²) in [6.45, 7) is 2.24. The van der Waals surface area contributed by atoms with E-state index in [1.807, 2.05) is 55.5 Å². The molecule has 1 aliphatic rings. The van der Waals surface area contributed by atoms with Crippen LogP contribution in [-0.2, 0) is 11.3 Å². The number of amides is 1. The fraction of sp³-hybridized carbons (Fsp3) is 0.160. The molecule has 1 unspecified atom stereocenters. The van der Waals surface area contributed by atoms with Gasteiger partial charge in [0.15, 0.2) is 5.76 Å². The smallest absolute Gasteiger partial charge is 0.290 e. The highest BCUT2D eigenvalue weighted by molar-refractivity contribution is 6.05. The van der Waals surface area contributed by atoms with Crippen LogP contribution in [0.1, 0.15) is 28.3 Å². The number of methoxy groups -OCH3 is 1. The zero-order valence-electron chi connectivity index (χ0n) is 16.8. The lowest BCUT2D eigenvalue weighted by Gasteiger charge is -2.27. The van der Waals surface area contributed by atoms with Gasteiger partial charge < -0.3 is 14.7 Å². The second-order valence-electron chi connectivity index (χ2n) is 7.37. The van der Waals surface area contributed by atoms with E-state index in [0.29, 0.717) is 11.1 Å². The summed E-state index contributed by atoms with van der Waals surface area (Å²) in [4.78, 5) is 14.6. The second-order valence-corrected chi connectivity index (χ2v) is 7.37. The summed E-state index contributed by atoms with van der Waals surface area (Å²) in [5, 5.41) is 10.8. The quantitative estimate of drug-likeness (QED) is 0.637. The van der Waals surface area contributed by atoms with Crippen LogP contribution in [0.5, 0.6) is 5.75 Å². The van der Waals surface area contributed by atoms with Gasteiger partial charge in [0.25, 0.3) is 5.91 Å². The van der Waals surface area contributed by atoms with Gasteiger partial charge >= 0.3 is 0 Å². The van der Waals surface area contributed by atoms with Gasteiger partial charge in [-0.2, -0.15) is 0 Å². The molecule has 0 saturated carbocycles. The number of hydrogen-bond donors (Lipinski definition) is 1. The van der Waals surface area contributed by atoms with Crippen molar-refractivity contribution >= 4 is 11.5 Å². The van der Waals surface area contributed by atoms with E-state index in [4.69, 9.17) is 4.74 Å². The van der Waals surface area contributed by atoms with Crippen molar-refractivity contribution in [3.63, 3.8) is 0 Å². The Bertz CT molecular complexity index is 1100. The Morgan fingerprint density at radius 3 is 2.37 bits per heavy atom. The van der Waals surface area contributed by atoms with Crippen molar-refractivity contribution in [1.82, 2.24) is 4.90 Å². The van der Waals surface area contributed by atoms with Gasteiger partial charge in [-0.3, -0.25) is 4.79 Å². The van der Waals surface area contributed by atoms with Crippen molar-refractivity contribution < 1.29 is 19.0 Å². The molecule has 152 valence electrons. The summed E-state index contributed by atoms with van der Waals surface area (Å²) >= 11 is 0. The number of nitrogens with zero attached hydrogens (tertiary/aromatic N) is 1. The Morgan fingerprint density at radius 2 is 1.73 bits per heavy atom. The molecule has 0 saturated heterocycles. The third kappa shape index (κ3) is 3.66. The Hall–Kier alpha value is -3.60. The maximum Gasteiger partial charge on any atom is 0.290 e. The third-order valence-electron chi connectivity index (χ3n) is 5.34. The van der Waals surface area contributed by atoms with Crippen molar-refractivity contribution in [3.05, 3.63) is 107 Å². The first-order valence-corrected chi connectivity index (χ1v) is 9.67. The molecular weight excluding hydrogens is 381 g/mol. The molecular formula is C25H22FNO3. The van der Waals surface area contributed by atoms with Crippen molar-refractivity contribution in [1.29, 1.82) is 0 Å². The molecule has 1 aliphatic heterocycles. The first-order chi connectivity index (χ1) is 14.5. The van der Waals surface area contributed by atoms with Gasteiger partial charge in [-0.05, 0) is 47.9 Å². The molecule has 1 amide bonds. The average Bonchev–Trinajstić information content (AvgIpc) is 3.00. The van der Waals surface area contributed by atoms with E-state index < -0.39 is 11.9 Å². The monoisotopic (exact) mass is 403 g/mol. The highest BCUT2D eigenvalue weighted by Gasteiger charge is 2.41. The summed E-state index contributed by atoms with van der Waals surface area (Å²) in [6, 6.07) is 20.5. The standard InChI is InChI=1S/C25H22FNO3/c1-16-6-10-18(11-7-16)22-23(19-4-3-5-20(26)14-19)27(25(29)24(22)28)15-17-8-12-21(30-2)13-9-17/h3-14,23,28H,15H2,1-2H3. The van der Waals surface area contributed by atoms with E-state index in [9.17, 15) is 14.3 Å². The Morgan fingerprint density at radius 1 is 1.03 bits per heavy atom. The molecule has 0 spiro atoms. The van der Waals surface area contributed by atoms with Gasteiger partial charge in [0.05, 0.1) is 13.2 Å². The number of aryl methyl sites for hydroxylation is 1. The summed E-state index contributed by atoms with van der Waals surface area (Å²) < 4.78 is 19.2. The van der Waals surface area contributed by atoms with Crippen molar-refractivity contribution in [2.45, 2.75) is 19.5 Å². The number of carbonyl (C=O) groups is 1. The number of ether oxygens (including phenoxy) is 1. The minimum Gasteiger partial charge on any atom is -0.503 e. The Kier molecular flexibility index (Phi) is 5.27. The maximum atomic E-state index is 14.0. The maximum absolute atomic E-state index is 14.0. The molecule has 1 N–H and O–H groups in total. The fourth-order valence-corrected chi connectivity index (χ4v) is 3.80. The Balaban J connectivity index is 1.78. The van der Waals surface area contributed by atoms with E-state index in [2.05, 4.69) is 0 Å². The van der Waals surface area contributed by atoms with E-state index in [1.165, 1.54) is 12.1 Å². The number of hydrogen-bond acceptors (Lipinski definition) is 3. The predicted octanol–water partition coefficient (Wildman–Crippen LogP) is 5.20. The van der Waals surface area contributed by atoms with Gasteiger partial charge in [-0.1, -0.05) is 54.1 Å². The zero-order valence-corrected chi connectivity index (χ0v) is 16.8. The van der Waals surface area contributed by atoms with Crippen LogP contribution >= 0.6 is 0 Å². The van der Waals surface area contributed by atoms with Gasteiger partial charge in [-0.15, -0.1) is 0 Å². The number of halogens is 1. The van der Waals surface area contributed by atoms with Gasteiger partial charge in [0.1, 0.15) is 11.6 Å². The molecule has 1 atom stereocenters. The minimum atomic E-state index is -0.599. The zero-order chi connectivity index (χ0) is 21.3. The minimum absolute atomic E-state index is 0.267. The first kappa shape index (κ1) is 19.7. The van der Waals surface area contributed by atoms with Crippen LogP contribution < -0.4 is 4.74 Å². The normalized spacial score (nSPS) is 16.3. The second kappa shape index (κ2) is 8.03. The van der Waals surface area contributed by atoms with Gasteiger partial charge in [0, 0.05) is 12.1 Å². The molecule has 0 bridgehead atoms. The summed E-state index contributed by atoms with van der Waals surface area (Å²) in [7, 11) is 1.59. The van der Waals surface area contributed by atoms with Crippen LogP contribution in [0.3, 0.4) is 0 Å². The molecule has 0 radical (unpaired) electrons. The summed E-state index contributed by atoms with van der Waals surface area (Å²) in [6.07, 6.45) is 0. The molecule has 0 aromatic heterocycles. The lowest BCUT2D eigenvalue weighted by molar-refractivity contribution is -0.130. The first-order valence-electron chi connectivity index (χ1n) is 9.67. The lowest BCUT2D eigenvalue weighted by atomic mass is 9.93. The highest BCUT2D eigenvalue weighted by Crippen LogP contribution is 2.43. The van der Waals surface area contributed by atoms with Crippen LogP contribution in [0.15, 0.2) is 78.6 Å². The molecule has 4 rings (SSSR count). The lowest BCUT2D eigenvalue weighted by Crippen LogP contribution is -2.29. The average molecular weight is 403 g/mol. The molecule has 30 heavy (non-hydrogen) atoms.